The van der Waals surface area contributed by atoms with Gasteiger partial charge in [-0.1, -0.05) is 51.5 Å². The zero-order valence-electron chi connectivity index (χ0n) is 12.1. The zero-order valence-corrected chi connectivity index (χ0v) is 12.1. The van der Waals surface area contributed by atoms with Gasteiger partial charge >= 0.3 is 5.97 Å². The van der Waals surface area contributed by atoms with Crippen molar-refractivity contribution in [2.45, 2.75) is 58.5 Å². The van der Waals surface area contributed by atoms with Crippen LogP contribution in [0.4, 0.5) is 0 Å². The molecular formula is C16H25NO2. The van der Waals surface area contributed by atoms with Crippen LogP contribution in [0.5, 0.6) is 0 Å². The van der Waals surface area contributed by atoms with E-state index in [1.807, 2.05) is 13.8 Å². The number of rotatable bonds is 8. The minimum atomic E-state index is -0.749. The molecule has 1 unspecified atom stereocenters. The number of carboxylic acid groups (broad SMARTS) is 1. The second kappa shape index (κ2) is 7.95. The fourth-order valence-corrected chi connectivity index (χ4v) is 2.29. The lowest BCUT2D eigenvalue weighted by molar-refractivity contribution is -0.137. The Hall–Kier alpha value is -1.35. The monoisotopic (exact) mass is 263 g/mol. The molecule has 0 aromatic heterocycles. The number of aryl methyl sites for hydroxylation is 1. The highest BCUT2D eigenvalue weighted by atomic mass is 16.4. The predicted molar refractivity (Wildman–Crippen MR) is 78.5 cm³/mol. The van der Waals surface area contributed by atoms with Crippen LogP contribution in [0.2, 0.25) is 0 Å². The molecule has 19 heavy (non-hydrogen) atoms. The summed E-state index contributed by atoms with van der Waals surface area (Å²) in [7, 11) is 0. The first-order valence-electron chi connectivity index (χ1n) is 7.07. The van der Waals surface area contributed by atoms with E-state index in [9.17, 15) is 4.79 Å². The SMILES string of the molecule is CCCc1ccc(CC(CC(=O)O)NC(C)C)cc1. The lowest BCUT2D eigenvalue weighted by Gasteiger charge is -2.19. The second-order valence-electron chi connectivity index (χ2n) is 5.39. The molecule has 0 aliphatic rings. The average Bonchev–Trinajstić information content (AvgIpc) is 2.30. The molecule has 0 aliphatic heterocycles. The van der Waals surface area contributed by atoms with Gasteiger partial charge in [0.2, 0.25) is 0 Å². The number of hydrogen-bond acceptors (Lipinski definition) is 2. The summed E-state index contributed by atoms with van der Waals surface area (Å²) >= 11 is 0. The maximum atomic E-state index is 10.9. The second-order valence-corrected chi connectivity index (χ2v) is 5.39. The van der Waals surface area contributed by atoms with Gasteiger partial charge in [0.05, 0.1) is 6.42 Å². The number of hydrogen-bond donors (Lipinski definition) is 2. The molecule has 0 heterocycles. The van der Waals surface area contributed by atoms with Crippen LogP contribution >= 0.6 is 0 Å². The summed E-state index contributed by atoms with van der Waals surface area (Å²) in [6, 6.07) is 8.81. The van der Waals surface area contributed by atoms with Gasteiger partial charge in [0.1, 0.15) is 0 Å². The summed E-state index contributed by atoms with van der Waals surface area (Å²) in [4.78, 5) is 10.9. The summed E-state index contributed by atoms with van der Waals surface area (Å²) in [5.74, 6) is -0.749. The highest BCUT2D eigenvalue weighted by Crippen LogP contribution is 2.10. The quantitative estimate of drug-likeness (QED) is 0.758. The van der Waals surface area contributed by atoms with Gasteiger partial charge < -0.3 is 10.4 Å². The van der Waals surface area contributed by atoms with Gasteiger partial charge in [0.25, 0.3) is 0 Å². The molecule has 1 rings (SSSR count). The summed E-state index contributed by atoms with van der Waals surface area (Å²) in [5, 5.41) is 12.3. The Balaban J connectivity index is 2.64. The number of carboxylic acids is 1. The number of aliphatic carboxylic acids is 1. The van der Waals surface area contributed by atoms with E-state index < -0.39 is 5.97 Å². The lowest BCUT2D eigenvalue weighted by atomic mass is 10.0. The lowest BCUT2D eigenvalue weighted by Crippen LogP contribution is -2.38. The van der Waals surface area contributed by atoms with Crippen LogP contribution in [0.3, 0.4) is 0 Å². The van der Waals surface area contributed by atoms with Crippen LogP contribution < -0.4 is 5.32 Å². The molecule has 3 nitrogen and oxygen atoms in total. The molecular weight excluding hydrogens is 238 g/mol. The average molecular weight is 263 g/mol. The van der Waals surface area contributed by atoms with Crippen LogP contribution in [-0.2, 0) is 17.6 Å². The van der Waals surface area contributed by atoms with E-state index >= 15 is 0 Å². The van der Waals surface area contributed by atoms with Crippen molar-refractivity contribution in [2.24, 2.45) is 0 Å². The van der Waals surface area contributed by atoms with Gasteiger partial charge in [0, 0.05) is 12.1 Å². The fraction of sp³-hybridized carbons (Fsp3) is 0.562. The van der Waals surface area contributed by atoms with E-state index in [1.54, 1.807) is 0 Å². The van der Waals surface area contributed by atoms with Gasteiger partial charge in [-0.05, 0) is 24.0 Å². The highest BCUT2D eigenvalue weighted by molar-refractivity contribution is 5.67. The molecule has 0 radical (unpaired) electrons. The smallest absolute Gasteiger partial charge is 0.304 e. The van der Waals surface area contributed by atoms with E-state index in [1.165, 1.54) is 11.1 Å². The van der Waals surface area contributed by atoms with Crippen LogP contribution in [-0.4, -0.2) is 23.2 Å². The van der Waals surface area contributed by atoms with E-state index in [2.05, 4.69) is 36.5 Å². The first kappa shape index (κ1) is 15.7. The molecule has 2 N–H and O–H groups in total. The molecule has 0 fully saturated rings. The van der Waals surface area contributed by atoms with Crippen molar-refractivity contribution in [1.82, 2.24) is 5.32 Å². The van der Waals surface area contributed by atoms with E-state index in [0.29, 0.717) is 6.04 Å². The molecule has 0 saturated carbocycles. The van der Waals surface area contributed by atoms with Crippen LogP contribution in [0, 0.1) is 0 Å². The third kappa shape index (κ3) is 6.39. The molecule has 0 bridgehead atoms. The van der Waals surface area contributed by atoms with Crippen molar-refractivity contribution in [2.75, 3.05) is 0 Å². The van der Waals surface area contributed by atoms with Crippen molar-refractivity contribution >= 4 is 5.97 Å². The van der Waals surface area contributed by atoms with Crippen molar-refractivity contribution in [3.8, 4) is 0 Å². The Labute approximate surface area is 116 Å². The number of nitrogens with one attached hydrogen (secondary N) is 1. The summed E-state index contributed by atoms with van der Waals surface area (Å²) < 4.78 is 0. The summed E-state index contributed by atoms with van der Waals surface area (Å²) in [6.07, 6.45) is 3.17. The maximum Gasteiger partial charge on any atom is 0.304 e. The third-order valence-corrected chi connectivity index (χ3v) is 3.03. The zero-order chi connectivity index (χ0) is 14.3. The van der Waals surface area contributed by atoms with Crippen molar-refractivity contribution in [3.05, 3.63) is 35.4 Å². The van der Waals surface area contributed by atoms with Crippen LogP contribution in [0.1, 0.15) is 44.7 Å². The Bertz CT molecular complexity index is 384. The van der Waals surface area contributed by atoms with Gasteiger partial charge in [-0.25, -0.2) is 0 Å². The molecule has 0 aliphatic carbocycles. The summed E-state index contributed by atoms with van der Waals surface area (Å²) in [5.41, 5.74) is 2.54. The molecule has 3 heteroatoms. The molecule has 1 aromatic carbocycles. The predicted octanol–water partition coefficient (Wildman–Crippen LogP) is 3.02. The first-order valence-corrected chi connectivity index (χ1v) is 7.07. The van der Waals surface area contributed by atoms with Gasteiger partial charge in [-0.15, -0.1) is 0 Å². The van der Waals surface area contributed by atoms with Gasteiger partial charge in [0.15, 0.2) is 0 Å². The largest absolute Gasteiger partial charge is 0.481 e. The van der Waals surface area contributed by atoms with Gasteiger partial charge in [-0.3, -0.25) is 4.79 Å². The van der Waals surface area contributed by atoms with E-state index in [-0.39, 0.29) is 12.5 Å². The standard InChI is InChI=1S/C16H25NO2/c1-4-5-13-6-8-14(9-7-13)10-15(11-16(18)19)17-12(2)3/h6-9,12,15,17H,4-5,10-11H2,1-3H3,(H,18,19). The minimum absolute atomic E-state index is 0.00507. The third-order valence-electron chi connectivity index (χ3n) is 3.03. The molecule has 0 saturated heterocycles. The van der Waals surface area contributed by atoms with E-state index in [0.717, 1.165) is 19.3 Å². The molecule has 1 aromatic rings. The molecule has 0 spiro atoms. The first-order chi connectivity index (χ1) is 9.01. The highest BCUT2D eigenvalue weighted by Gasteiger charge is 2.14. The van der Waals surface area contributed by atoms with Crippen molar-refractivity contribution < 1.29 is 9.90 Å². The van der Waals surface area contributed by atoms with E-state index in [4.69, 9.17) is 5.11 Å². The number of benzene rings is 1. The summed E-state index contributed by atoms with van der Waals surface area (Å²) in [6.45, 7) is 6.25. The van der Waals surface area contributed by atoms with Gasteiger partial charge in [-0.2, -0.15) is 0 Å². The Morgan fingerprint density at radius 2 is 1.79 bits per heavy atom. The molecule has 1 atom stereocenters. The Kier molecular flexibility index (Phi) is 6.57. The Morgan fingerprint density at radius 1 is 1.21 bits per heavy atom. The Morgan fingerprint density at radius 3 is 2.26 bits per heavy atom. The number of carbonyl (C=O) groups is 1. The molecule has 106 valence electrons. The molecule has 0 amide bonds. The van der Waals surface area contributed by atoms with Crippen LogP contribution in [0.15, 0.2) is 24.3 Å². The maximum absolute atomic E-state index is 10.9. The van der Waals surface area contributed by atoms with Crippen molar-refractivity contribution in [3.63, 3.8) is 0 Å². The normalized spacial score (nSPS) is 12.6. The minimum Gasteiger partial charge on any atom is -0.481 e. The van der Waals surface area contributed by atoms with Crippen LogP contribution in [0.25, 0.3) is 0 Å². The van der Waals surface area contributed by atoms with Crippen molar-refractivity contribution in [1.29, 1.82) is 0 Å². The topological polar surface area (TPSA) is 49.3 Å². The fourth-order valence-electron chi connectivity index (χ4n) is 2.29.